The van der Waals surface area contributed by atoms with E-state index in [0.717, 1.165) is 0 Å². The number of rotatable bonds is 7. The van der Waals surface area contributed by atoms with Crippen LogP contribution in [0.1, 0.15) is 28.3 Å². The number of aromatic hydroxyl groups is 1. The molecule has 0 spiro atoms. The lowest BCUT2D eigenvalue weighted by Crippen LogP contribution is -2.12. The highest BCUT2D eigenvalue weighted by Crippen LogP contribution is 2.46. The Hall–Kier alpha value is -2.93. The summed E-state index contributed by atoms with van der Waals surface area (Å²) >= 11 is 0. The summed E-state index contributed by atoms with van der Waals surface area (Å²) in [5.41, 5.74) is 0.900. The van der Waals surface area contributed by atoms with Crippen LogP contribution in [-0.2, 0) is 14.3 Å². The molecule has 0 radical (unpaired) electrons. The molecule has 2 aromatic carbocycles. The quantitative estimate of drug-likeness (QED) is 0.456. The fourth-order valence-electron chi connectivity index (χ4n) is 3.12. The zero-order valence-corrected chi connectivity index (χ0v) is 14.7. The highest BCUT2D eigenvalue weighted by molar-refractivity contribution is 5.92. The molecule has 3 rings (SSSR count). The van der Waals surface area contributed by atoms with Gasteiger partial charge in [-0.2, -0.15) is 0 Å². The van der Waals surface area contributed by atoms with Crippen LogP contribution in [0.5, 0.6) is 11.5 Å². The number of halogens is 1. The van der Waals surface area contributed by atoms with Crippen LogP contribution in [0.3, 0.4) is 0 Å². The predicted octanol–water partition coefficient (Wildman–Crippen LogP) is 3.07. The molecule has 1 saturated heterocycles. The Balaban J connectivity index is 2.24. The predicted molar refractivity (Wildman–Crippen MR) is 94.6 cm³/mol. The second kappa shape index (κ2) is 8.18. The van der Waals surface area contributed by atoms with Gasteiger partial charge in [0.15, 0.2) is 6.29 Å². The van der Waals surface area contributed by atoms with Crippen LogP contribution < -0.4 is 4.74 Å². The molecule has 1 heterocycles. The molecule has 1 N–H and O–H groups in total. The van der Waals surface area contributed by atoms with Crippen molar-refractivity contribution in [2.45, 2.75) is 12.3 Å². The summed E-state index contributed by atoms with van der Waals surface area (Å²) in [5, 5.41) is 10.6. The molecule has 2 aromatic rings. The van der Waals surface area contributed by atoms with Crippen LogP contribution in [0.2, 0.25) is 0 Å². The largest absolute Gasteiger partial charge is 0.506 e. The fraction of sp³-hybridized carbons (Fsp3) is 0.300. The van der Waals surface area contributed by atoms with Crippen molar-refractivity contribution >= 4 is 12.3 Å². The zero-order valence-electron chi connectivity index (χ0n) is 14.7. The number of hydrogen-bond donors (Lipinski definition) is 1. The number of phenols is 1. The lowest BCUT2D eigenvalue weighted by atomic mass is 9.89. The molecule has 0 aliphatic carbocycles. The van der Waals surface area contributed by atoms with E-state index < -0.39 is 17.7 Å². The average Bonchev–Trinajstić information content (AvgIpc) is 3.08. The van der Waals surface area contributed by atoms with Gasteiger partial charge >= 0.3 is 5.97 Å². The molecular formula is C20H19FO6. The van der Waals surface area contributed by atoms with Crippen LogP contribution in [0.15, 0.2) is 30.3 Å². The van der Waals surface area contributed by atoms with E-state index in [1.807, 2.05) is 0 Å². The zero-order chi connectivity index (χ0) is 19.4. The Morgan fingerprint density at radius 3 is 2.78 bits per heavy atom. The third-order valence-corrected chi connectivity index (χ3v) is 4.40. The van der Waals surface area contributed by atoms with Gasteiger partial charge in [-0.3, -0.25) is 9.59 Å². The molecule has 142 valence electrons. The highest BCUT2D eigenvalue weighted by Gasteiger charge is 2.34. The minimum atomic E-state index is -0.630. The van der Waals surface area contributed by atoms with Crippen molar-refractivity contribution in [1.29, 1.82) is 0 Å². The molecule has 0 bridgehead atoms. The van der Waals surface area contributed by atoms with Gasteiger partial charge in [-0.1, -0.05) is 12.1 Å². The number of benzene rings is 2. The fourth-order valence-corrected chi connectivity index (χ4v) is 3.12. The van der Waals surface area contributed by atoms with Crippen LogP contribution in [0, 0.1) is 5.82 Å². The van der Waals surface area contributed by atoms with Gasteiger partial charge in [0.2, 0.25) is 0 Å². The van der Waals surface area contributed by atoms with Gasteiger partial charge in [0.1, 0.15) is 23.9 Å². The SMILES string of the molecule is COCCOc1c(C2CCOC2=O)cc(C=O)c(O)c1-c1cccc(F)c1. The molecular weight excluding hydrogens is 355 g/mol. The molecule has 0 saturated carbocycles. The lowest BCUT2D eigenvalue weighted by molar-refractivity contribution is -0.139. The van der Waals surface area contributed by atoms with Crippen molar-refractivity contribution in [2.75, 3.05) is 26.9 Å². The van der Waals surface area contributed by atoms with Crippen LogP contribution >= 0.6 is 0 Å². The number of esters is 1. The Morgan fingerprint density at radius 1 is 1.33 bits per heavy atom. The minimum absolute atomic E-state index is 0.0111. The summed E-state index contributed by atoms with van der Waals surface area (Å²) in [6.07, 6.45) is 0.909. The van der Waals surface area contributed by atoms with Gasteiger partial charge in [0.05, 0.1) is 30.3 Å². The van der Waals surface area contributed by atoms with E-state index in [2.05, 4.69) is 0 Å². The van der Waals surface area contributed by atoms with Crippen molar-refractivity contribution < 1.29 is 33.3 Å². The molecule has 27 heavy (non-hydrogen) atoms. The molecule has 6 nitrogen and oxygen atoms in total. The first-order valence-electron chi connectivity index (χ1n) is 8.46. The summed E-state index contributed by atoms with van der Waals surface area (Å²) in [6.45, 7) is 0.675. The van der Waals surface area contributed by atoms with E-state index in [1.165, 1.54) is 31.4 Å². The minimum Gasteiger partial charge on any atom is -0.506 e. The van der Waals surface area contributed by atoms with E-state index >= 15 is 0 Å². The second-order valence-electron chi connectivity index (χ2n) is 6.09. The normalized spacial score (nSPS) is 16.2. The van der Waals surface area contributed by atoms with Gasteiger partial charge in [-0.05, 0) is 30.2 Å². The Bertz CT molecular complexity index is 864. The highest BCUT2D eigenvalue weighted by atomic mass is 19.1. The summed E-state index contributed by atoms with van der Waals surface area (Å²) < 4.78 is 29.6. The standard InChI is InChI=1S/C20H19FO6/c1-25-7-8-26-19-16(15-5-6-27-20(15)24)10-13(11-22)18(23)17(19)12-3-2-4-14(21)9-12/h2-4,9-11,15,23H,5-8H2,1H3. The van der Waals surface area contributed by atoms with Crippen molar-refractivity contribution in [3.8, 4) is 22.6 Å². The number of carbonyl (C=O) groups excluding carboxylic acids is 2. The van der Waals surface area contributed by atoms with Crippen molar-refractivity contribution in [2.24, 2.45) is 0 Å². The van der Waals surface area contributed by atoms with E-state index in [0.29, 0.717) is 23.8 Å². The van der Waals surface area contributed by atoms with E-state index in [4.69, 9.17) is 14.2 Å². The monoisotopic (exact) mass is 374 g/mol. The van der Waals surface area contributed by atoms with Crippen LogP contribution in [0.25, 0.3) is 11.1 Å². The molecule has 1 atom stereocenters. The topological polar surface area (TPSA) is 82.1 Å². The number of aldehydes is 1. The number of carbonyl (C=O) groups is 2. The van der Waals surface area contributed by atoms with Crippen molar-refractivity contribution in [3.63, 3.8) is 0 Å². The summed E-state index contributed by atoms with van der Waals surface area (Å²) in [5.74, 6) is -1.69. The number of methoxy groups -OCH3 is 1. The average molecular weight is 374 g/mol. The maximum atomic E-state index is 13.8. The van der Waals surface area contributed by atoms with Crippen molar-refractivity contribution in [3.05, 3.63) is 47.3 Å². The number of phenolic OH excluding ortho intramolecular Hbond substituents is 1. The van der Waals surface area contributed by atoms with Crippen LogP contribution in [0.4, 0.5) is 4.39 Å². The van der Waals surface area contributed by atoms with Gasteiger partial charge in [0, 0.05) is 12.7 Å². The third-order valence-electron chi connectivity index (χ3n) is 4.40. The Labute approximate surface area is 155 Å². The molecule has 0 amide bonds. The van der Waals surface area contributed by atoms with Crippen molar-refractivity contribution in [1.82, 2.24) is 0 Å². The van der Waals surface area contributed by atoms with Gasteiger partial charge in [-0.25, -0.2) is 4.39 Å². The maximum Gasteiger partial charge on any atom is 0.313 e. The third kappa shape index (κ3) is 3.78. The molecule has 1 fully saturated rings. The molecule has 0 aromatic heterocycles. The Morgan fingerprint density at radius 2 is 2.15 bits per heavy atom. The first kappa shape index (κ1) is 18.8. The maximum absolute atomic E-state index is 13.8. The second-order valence-corrected chi connectivity index (χ2v) is 6.09. The Kier molecular flexibility index (Phi) is 5.71. The lowest BCUT2D eigenvalue weighted by Gasteiger charge is -2.20. The number of cyclic esters (lactones) is 1. The van der Waals surface area contributed by atoms with Crippen LogP contribution in [-0.4, -0.2) is 44.3 Å². The van der Waals surface area contributed by atoms with Gasteiger partial charge in [-0.15, -0.1) is 0 Å². The molecule has 7 heteroatoms. The van der Waals surface area contributed by atoms with E-state index in [-0.39, 0.29) is 42.4 Å². The summed E-state index contributed by atoms with van der Waals surface area (Å²) in [4.78, 5) is 23.6. The summed E-state index contributed by atoms with van der Waals surface area (Å²) in [6, 6.07) is 6.99. The molecule has 1 aliphatic heterocycles. The summed E-state index contributed by atoms with van der Waals surface area (Å²) in [7, 11) is 1.51. The first-order valence-corrected chi connectivity index (χ1v) is 8.46. The van der Waals surface area contributed by atoms with Gasteiger partial charge in [0.25, 0.3) is 0 Å². The number of ether oxygens (including phenoxy) is 3. The van der Waals surface area contributed by atoms with E-state index in [9.17, 15) is 19.1 Å². The molecule has 1 unspecified atom stereocenters. The smallest absolute Gasteiger partial charge is 0.313 e. The van der Waals surface area contributed by atoms with Gasteiger partial charge < -0.3 is 19.3 Å². The first-order chi connectivity index (χ1) is 13.1. The van der Waals surface area contributed by atoms with E-state index in [1.54, 1.807) is 6.07 Å². The molecule has 1 aliphatic rings. The number of hydrogen-bond acceptors (Lipinski definition) is 6.